The highest BCUT2D eigenvalue weighted by Gasteiger charge is 2.26. The molecule has 1 aliphatic carbocycles. The van der Waals surface area contributed by atoms with Crippen LogP contribution in [-0.4, -0.2) is 11.8 Å². The van der Waals surface area contributed by atoms with Crippen LogP contribution >= 0.6 is 0 Å². The van der Waals surface area contributed by atoms with E-state index in [2.05, 4.69) is 16.7 Å². The lowest BCUT2D eigenvalue weighted by Gasteiger charge is -2.24. The van der Waals surface area contributed by atoms with Crippen molar-refractivity contribution in [3.8, 4) is 0 Å². The Bertz CT molecular complexity index is 946. The Balaban J connectivity index is 1.42. The molecule has 5 nitrogen and oxygen atoms in total. The van der Waals surface area contributed by atoms with Gasteiger partial charge in [0, 0.05) is 11.4 Å². The molecule has 1 aliphatic rings. The van der Waals surface area contributed by atoms with Gasteiger partial charge in [0.05, 0.1) is 12.2 Å². The van der Waals surface area contributed by atoms with Gasteiger partial charge in [0.2, 0.25) is 5.91 Å². The molecule has 2 aromatic carbocycles. The lowest BCUT2D eigenvalue weighted by molar-refractivity contribution is -0.117. The molecule has 0 bridgehead atoms. The largest absolute Gasteiger partial charge is 0.459 e. The topological polar surface area (TPSA) is 71.3 Å². The molecule has 0 saturated carbocycles. The molecule has 0 spiro atoms. The number of furan rings is 1. The fourth-order valence-corrected chi connectivity index (χ4v) is 3.49. The third kappa shape index (κ3) is 3.77. The Morgan fingerprint density at radius 2 is 1.63 bits per heavy atom. The summed E-state index contributed by atoms with van der Waals surface area (Å²) in [6.07, 6.45) is 4.37. The van der Waals surface area contributed by atoms with Crippen molar-refractivity contribution in [3.05, 3.63) is 83.8 Å². The van der Waals surface area contributed by atoms with Gasteiger partial charge in [-0.1, -0.05) is 24.3 Å². The van der Waals surface area contributed by atoms with Crippen molar-refractivity contribution >= 4 is 23.2 Å². The number of carbonyl (C=O) groups excluding carboxylic acids is 2. The molecule has 0 radical (unpaired) electrons. The maximum atomic E-state index is 12.8. The molecule has 5 heteroatoms. The molecule has 136 valence electrons. The summed E-state index contributed by atoms with van der Waals surface area (Å²) in [5, 5.41) is 5.75. The van der Waals surface area contributed by atoms with E-state index in [9.17, 15) is 9.59 Å². The van der Waals surface area contributed by atoms with Crippen LogP contribution in [0, 0.1) is 0 Å². The summed E-state index contributed by atoms with van der Waals surface area (Å²) in [6.45, 7) is 0. The molecule has 2 N–H and O–H groups in total. The van der Waals surface area contributed by atoms with Gasteiger partial charge in [-0.3, -0.25) is 9.59 Å². The molecule has 0 fully saturated rings. The molecule has 1 heterocycles. The number of benzene rings is 2. The minimum atomic E-state index is -0.310. The summed E-state index contributed by atoms with van der Waals surface area (Å²) in [5.41, 5.74) is 3.74. The van der Waals surface area contributed by atoms with Crippen LogP contribution in [0.4, 0.5) is 11.4 Å². The number of hydrogen-bond donors (Lipinski definition) is 2. The summed E-state index contributed by atoms with van der Waals surface area (Å²) in [4.78, 5) is 24.7. The van der Waals surface area contributed by atoms with Crippen LogP contribution in [0.25, 0.3) is 0 Å². The molecule has 1 atom stereocenters. The fourth-order valence-electron chi connectivity index (χ4n) is 3.49. The second-order valence-electron chi connectivity index (χ2n) is 6.64. The Hall–Kier alpha value is -3.34. The van der Waals surface area contributed by atoms with Gasteiger partial charge in [-0.25, -0.2) is 0 Å². The van der Waals surface area contributed by atoms with Crippen LogP contribution in [0.2, 0.25) is 0 Å². The number of anilines is 2. The molecule has 0 aliphatic heterocycles. The zero-order chi connectivity index (χ0) is 18.6. The van der Waals surface area contributed by atoms with E-state index in [1.54, 1.807) is 36.4 Å². The summed E-state index contributed by atoms with van der Waals surface area (Å²) in [7, 11) is 0. The second-order valence-corrected chi connectivity index (χ2v) is 6.64. The van der Waals surface area contributed by atoms with E-state index in [0.717, 1.165) is 24.8 Å². The van der Waals surface area contributed by atoms with Gasteiger partial charge in [-0.15, -0.1) is 0 Å². The SMILES string of the molecule is O=C(Nc1ccc(NC(=O)C2CCCc3ccccc32)cc1)c1ccco1. The first-order valence-corrected chi connectivity index (χ1v) is 9.04. The van der Waals surface area contributed by atoms with Crippen molar-refractivity contribution in [2.24, 2.45) is 0 Å². The first-order chi connectivity index (χ1) is 13.2. The van der Waals surface area contributed by atoms with Gasteiger partial charge in [0.1, 0.15) is 0 Å². The Morgan fingerprint density at radius 3 is 2.37 bits per heavy atom. The van der Waals surface area contributed by atoms with Crippen LogP contribution < -0.4 is 10.6 Å². The summed E-state index contributed by atoms with van der Waals surface area (Å²) in [5.74, 6) is -0.165. The monoisotopic (exact) mass is 360 g/mol. The zero-order valence-electron chi connectivity index (χ0n) is 14.8. The number of aryl methyl sites for hydroxylation is 1. The van der Waals surface area contributed by atoms with Crippen molar-refractivity contribution in [1.82, 2.24) is 0 Å². The minimum absolute atomic E-state index is 0.00882. The summed E-state index contributed by atoms with van der Waals surface area (Å²) in [6, 6.07) is 18.5. The molecule has 1 unspecified atom stereocenters. The van der Waals surface area contributed by atoms with E-state index in [1.807, 2.05) is 18.2 Å². The lowest BCUT2D eigenvalue weighted by Crippen LogP contribution is -2.24. The molecular weight excluding hydrogens is 340 g/mol. The molecule has 0 saturated heterocycles. The molecule has 4 rings (SSSR count). The lowest BCUT2D eigenvalue weighted by atomic mass is 9.82. The van der Waals surface area contributed by atoms with E-state index in [1.165, 1.54) is 11.8 Å². The highest BCUT2D eigenvalue weighted by atomic mass is 16.3. The summed E-state index contributed by atoms with van der Waals surface area (Å²) < 4.78 is 5.07. The van der Waals surface area contributed by atoms with Crippen molar-refractivity contribution in [2.75, 3.05) is 10.6 Å². The van der Waals surface area contributed by atoms with E-state index in [4.69, 9.17) is 4.42 Å². The average molecular weight is 360 g/mol. The normalized spacial score (nSPS) is 15.6. The Morgan fingerprint density at radius 1 is 0.889 bits per heavy atom. The van der Waals surface area contributed by atoms with Gasteiger partial charge >= 0.3 is 0 Å². The number of hydrogen-bond acceptors (Lipinski definition) is 3. The van der Waals surface area contributed by atoms with Crippen molar-refractivity contribution < 1.29 is 14.0 Å². The van der Waals surface area contributed by atoms with Gasteiger partial charge < -0.3 is 15.1 Å². The molecule has 1 aromatic heterocycles. The van der Waals surface area contributed by atoms with Crippen molar-refractivity contribution in [2.45, 2.75) is 25.2 Å². The Kier molecular flexibility index (Phi) is 4.75. The highest BCUT2D eigenvalue weighted by Crippen LogP contribution is 2.32. The minimum Gasteiger partial charge on any atom is -0.459 e. The first kappa shape index (κ1) is 17.1. The predicted octanol–water partition coefficient (Wildman–Crippen LogP) is 4.59. The Labute approximate surface area is 157 Å². The molecule has 3 aromatic rings. The number of amides is 2. The highest BCUT2D eigenvalue weighted by molar-refractivity contribution is 6.02. The molecule has 2 amide bonds. The van der Waals surface area contributed by atoms with E-state index in [0.29, 0.717) is 11.4 Å². The third-order valence-corrected chi connectivity index (χ3v) is 4.84. The van der Waals surface area contributed by atoms with Crippen LogP contribution in [-0.2, 0) is 11.2 Å². The fraction of sp³-hybridized carbons (Fsp3) is 0.182. The molecular formula is C22H20N2O3. The molecule has 27 heavy (non-hydrogen) atoms. The second kappa shape index (κ2) is 7.50. The summed E-state index contributed by atoms with van der Waals surface area (Å²) >= 11 is 0. The standard InChI is InChI=1S/C22H20N2O3/c25-21(19-8-3-6-15-5-1-2-7-18(15)19)23-16-10-12-17(13-11-16)24-22(26)20-9-4-14-27-20/h1-2,4-5,7,9-14,19H,3,6,8H2,(H,23,25)(H,24,26). The van der Waals surface area contributed by atoms with E-state index < -0.39 is 0 Å². The van der Waals surface area contributed by atoms with Crippen LogP contribution in [0.3, 0.4) is 0 Å². The van der Waals surface area contributed by atoms with Gasteiger partial charge in [0.15, 0.2) is 5.76 Å². The zero-order valence-corrected chi connectivity index (χ0v) is 14.8. The van der Waals surface area contributed by atoms with E-state index in [-0.39, 0.29) is 23.5 Å². The predicted molar refractivity (Wildman–Crippen MR) is 104 cm³/mol. The number of carbonyl (C=O) groups is 2. The van der Waals surface area contributed by atoms with Crippen molar-refractivity contribution in [3.63, 3.8) is 0 Å². The smallest absolute Gasteiger partial charge is 0.291 e. The maximum absolute atomic E-state index is 12.8. The van der Waals surface area contributed by atoms with Gasteiger partial charge in [0.25, 0.3) is 5.91 Å². The van der Waals surface area contributed by atoms with Crippen LogP contribution in [0.1, 0.15) is 40.4 Å². The first-order valence-electron chi connectivity index (χ1n) is 9.04. The van der Waals surface area contributed by atoms with Crippen LogP contribution in [0.15, 0.2) is 71.3 Å². The number of fused-ring (bicyclic) bond motifs is 1. The van der Waals surface area contributed by atoms with Gasteiger partial charge in [-0.2, -0.15) is 0 Å². The maximum Gasteiger partial charge on any atom is 0.291 e. The van der Waals surface area contributed by atoms with Crippen molar-refractivity contribution in [1.29, 1.82) is 0 Å². The van der Waals surface area contributed by atoms with Gasteiger partial charge in [-0.05, 0) is 66.8 Å². The quantitative estimate of drug-likeness (QED) is 0.715. The average Bonchev–Trinajstić information content (AvgIpc) is 3.24. The number of nitrogens with one attached hydrogen (secondary N) is 2. The van der Waals surface area contributed by atoms with E-state index >= 15 is 0 Å². The third-order valence-electron chi connectivity index (χ3n) is 4.84. The van der Waals surface area contributed by atoms with Crippen LogP contribution in [0.5, 0.6) is 0 Å². The number of rotatable bonds is 4.